The Balaban J connectivity index is 2.00. The summed E-state index contributed by atoms with van der Waals surface area (Å²) in [6.45, 7) is 2.11. The van der Waals surface area contributed by atoms with Crippen LogP contribution in [0.5, 0.6) is 0 Å². The molecule has 0 radical (unpaired) electrons. The summed E-state index contributed by atoms with van der Waals surface area (Å²) in [6.07, 6.45) is 0. The van der Waals surface area contributed by atoms with Gasteiger partial charge in [0.1, 0.15) is 11.5 Å². The van der Waals surface area contributed by atoms with E-state index in [1.165, 1.54) is 12.1 Å². The Hall–Kier alpha value is -2.62. The van der Waals surface area contributed by atoms with E-state index in [1.807, 2.05) is 18.2 Å². The van der Waals surface area contributed by atoms with Crippen molar-refractivity contribution in [2.24, 2.45) is 0 Å². The molecular weight excluding hydrogens is 269 g/mol. The van der Waals surface area contributed by atoms with E-state index in [9.17, 15) is 9.18 Å². The maximum absolute atomic E-state index is 13.0. The van der Waals surface area contributed by atoms with Crippen LogP contribution in [0.3, 0.4) is 0 Å². The standard InChI is InChI=1S/C17H14FNO2/c1-2-21-17(20)16-10-13-4-3-12(9-15(13)19-16)11-5-7-14(18)8-6-11/h3-10,19H,2H2,1H3. The average Bonchev–Trinajstić information content (AvgIpc) is 2.91. The third kappa shape index (κ3) is 2.65. The van der Waals surface area contributed by atoms with Crippen molar-refractivity contribution in [3.63, 3.8) is 0 Å². The van der Waals surface area contributed by atoms with Gasteiger partial charge in [-0.25, -0.2) is 9.18 Å². The van der Waals surface area contributed by atoms with Crippen molar-refractivity contribution in [1.29, 1.82) is 0 Å². The third-order valence-electron chi connectivity index (χ3n) is 3.30. The molecule has 0 amide bonds. The number of esters is 1. The first kappa shape index (κ1) is 13.4. The van der Waals surface area contributed by atoms with Crippen LogP contribution >= 0.6 is 0 Å². The number of rotatable bonds is 3. The largest absolute Gasteiger partial charge is 0.461 e. The number of hydrogen-bond acceptors (Lipinski definition) is 2. The third-order valence-corrected chi connectivity index (χ3v) is 3.30. The number of halogens is 1. The molecule has 0 aliphatic carbocycles. The number of nitrogens with one attached hydrogen (secondary N) is 1. The number of fused-ring (bicyclic) bond motifs is 1. The van der Waals surface area contributed by atoms with Crippen LogP contribution in [0.1, 0.15) is 17.4 Å². The fourth-order valence-electron chi connectivity index (χ4n) is 2.27. The molecule has 1 heterocycles. The van der Waals surface area contributed by atoms with Crippen molar-refractivity contribution in [2.75, 3.05) is 6.61 Å². The second kappa shape index (κ2) is 5.40. The van der Waals surface area contributed by atoms with Crippen molar-refractivity contribution in [3.8, 4) is 11.1 Å². The van der Waals surface area contributed by atoms with Crippen LogP contribution in [0.4, 0.5) is 4.39 Å². The van der Waals surface area contributed by atoms with Crippen molar-refractivity contribution in [1.82, 2.24) is 4.98 Å². The first-order valence-electron chi connectivity index (χ1n) is 6.73. The second-order valence-corrected chi connectivity index (χ2v) is 4.71. The van der Waals surface area contributed by atoms with E-state index in [4.69, 9.17) is 4.74 Å². The number of aromatic amines is 1. The minimum Gasteiger partial charge on any atom is -0.461 e. The molecule has 3 nitrogen and oxygen atoms in total. The number of H-pyrrole nitrogens is 1. The molecule has 0 bridgehead atoms. The Kier molecular flexibility index (Phi) is 3.44. The number of hydrogen-bond donors (Lipinski definition) is 1. The van der Waals surface area contributed by atoms with Gasteiger partial charge in [0.2, 0.25) is 0 Å². The molecule has 0 aliphatic rings. The molecule has 0 unspecified atom stereocenters. The zero-order valence-corrected chi connectivity index (χ0v) is 11.5. The van der Waals surface area contributed by atoms with Gasteiger partial charge in [0.05, 0.1) is 6.61 Å². The van der Waals surface area contributed by atoms with E-state index in [0.29, 0.717) is 12.3 Å². The van der Waals surface area contributed by atoms with E-state index < -0.39 is 0 Å². The molecule has 0 spiro atoms. The van der Waals surface area contributed by atoms with E-state index in [1.54, 1.807) is 25.1 Å². The van der Waals surface area contributed by atoms with Crippen LogP contribution in [-0.2, 0) is 4.74 Å². The first-order valence-corrected chi connectivity index (χ1v) is 6.73. The van der Waals surface area contributed by atoms with Crippen LogP contribution in [0, 0.1) is 5.82 Å². The topological polar surface area (TPSA) is 42.1 Å². The summed E-state index contributed by atoms with van der Waals surface area (Å²) in [5.41, 5.74) is 3.16. The number of benzene rings is 2. The number of ether oxygens (including phenoxy) is 1. The predicted molar refractivity (Wildman–Crippen MR) is 79.6 cm³/mol. The smallest absolute Gasteiger partial charge is 0.354 e. The molecule has 1 N–H and O–H groups in total. The molecule has 0 saturated heterocycles. The summed E-state index contributed by atoms with van der Waals surface area (Å²) in [7, 11) is 0. The van der Waals surface area contributed by atoms with Crippen molar-refractivity contribution < 1.29 is 13.9 Å². The lowest BCUT2D eigenvalue weighted by Gasteiger charge is -2.01. The van der Waals surface area contributed by atoms with Crippen LogP contribution in [0.25, 0.3) is 22.0 Å². The van der Waals surface area contributed by atoms with Gasteiger partial charge in [-0.2, -0.15) is 0 Å². The lowest BCUT2D eigenvalue weighted by Crippen LogP contribution is -2.04. The molecule has 0 atom stereocenters. The lowest BCUT2D eigenvalue weighted by molar-refractivity contribution is 0.0520. The minimum atomic E-state index is -0.364. The Morgan fingerprint density at radius 2 is 1.81 bits per heavy atom. The average molecular weight is 283 g/mol. The predicted octanol–water partition coefficient (Wildman–Crippen LogP) is 4.15. The van der Waals surface area contributed by atoms with Gasteiger partial charge in [-0.3, -0.25) is 0 Å². The summed E-state index contributed by atoms with van der Waals surface area (Å²) in [5.74, 6) is -0.624. The van der Waals surface area contributed by atoms with Gasteiger partial charge in [-0.1, -0.05) is 24.3 Å². The summed E-state index contributed by atoms with van der Waals surface area (Å²) >= 11 is 0. The van der Waals surface area contributed by atoms with Crippen molar-refractivity contribution in [2.45, 2.75) is 6.92 Å². The van der Waals surface area contributed by atoms with Gasteiger partial charge in [-0.15, -0.1) is 0 Å². The maximum atomic E-state index is 13.0. The number of aromatic nitrogens is 1. The van der Waals surface area contributed by atoms with Crippen LogP contribution in [0.15, 0.2) is 48.5 Å². The van der Waals surface area contributed by atoms with Crippen LogP contribution < -0.4 is 0 Å². The van der Waals surface area contributed by atoms with Gasteiger partial charge < -0.3 is 9.72 Å². The minimum absolute atomic E-state index is 0.260. The molecule has 1 aromatic heterocycles. The van der Waals surface area contributed by atoms with Gasteiger partial charge >= 0.3 is 5.97 Å². The highest BCUT2D eigenvalue weighted by Gasteiger charge is 2.10. The van der Waals surface area contributed by atoms with Crippen LogP contribution in [-0.4, -0.2) is 17.6 Å². The monoisotopic (exact) mass is 283 g/mol. The highest BCUT2D eigenvalue weighted by molar-refractivity contribution is 5.96. The molecule has 106 valence electrons. The molecule has 0 saturated carbocycles. The van der Waals surface area contributed by atoms with E-state index in [0.717, 1.165) is 22.0 Å². The quantitative estimate of drug-likeness (QED) is 0.734. The van der Waals surface area contributed by atoms with E-state index in [2.05, 4.69) is 4.98 Å². The fraction of sp³-hybridized carbons (Fsp3) is 0.118. The second-order valence-electron chi connectivity index (χ2n) is 4.71. The van der Waals surface area contributed by atoms with Gasteiger partial charge in [0, 0.05) is 10.9 Å². The van der Waals surface area contributed by atoms with Gasteiger partial charge in [0.15, 0.2) is 0 Å². The van der Waals surface area contributed by atoms with Crippen molar-refractivity contribution in [3.05, 3.63) is 60.0 Å². The zero-order chi connectivity index (χ0) is 14.8. The van der Waals surface area contributed by atoms with Gasteiger partial charge in [-0.05, 0) is 42.3 Å². The number of carbonyl (C=O) groups excluding carboxylic acids is 1. The highest BCUT2D eigenvalue weighted by Crippen LogP contribution is 2.25. The zero-order valence-electron chi connectivity index (χ0n) is 11.5. The molecule has 21 heavy (non-hydrogen) atoms. The Bertz CT molecular complexity index is 790. The summed E-state index contributed by atoms with van der Waals surface area (Å²) in [4.78, 5) is 14.8. The molecule has 0 fully saturated rings. The molecule has 0 aliphatic heterocycles. The van der Waals surface area contributed by atoms with Gasteiger partial charge in [0.25, 0.3) is 0 Å². The Morgan fingerprint density at radius 3 is 2.52 bits per heavy atom. The molecule has 3 rings (SSSR count). The summed E-state index contributed by atoms with van der Waals surface area (Å²) in [6, 6.07) is 13.9. The summed E-state index contributed by atoms with van der Waals surface area (Å²) in [5, 5.41) is 0.934. The van der Waals surface area contributed by atoms with Crippen LogP contribution in [0.2, 0.25) is 0 Å². The molecule has 4 heteroatoms. The fourth-order valence-corrected chi connectivity index (χ4v) is 2.27. The Morgan fingerprint density at radius 1 is 1.10 bits per heavy atom. The molecule has 3 aromatic rings. The van der Waals surface area contributed by atoms with E-state index in [-0.39, 0.29) is 11.8 Å². The molecule has 2 aromatic carbocycles. The number of carbonyl (C=O) groups is 1. The highest BCUT2D eigenvalue weighted by atomic mass is 19.1. The molecular formula is C17H14FNO2. The van der Waals surface area contributed by atoms with Crippen molar-refractivity contribution >= 4 is 16.9 Å². The lowest BCUT2D eigenvalue weighted by atomic mass is 10.0. The normalized spacial score (nSPS) is 10.8. The SMILES string of the molecule is CCOC(=O)c1cc2ccc(-c3ccc(F)cc3)cc2[nH]1. The summed E-state index contributed by atoms with van der Waals surface area (Å²) < 4.78 is 17.9. The first-order chi connectivity index (χ1) is 10.2. The van der Waals surface area contributed by atoms with E-state index >= 15 is 0 Å². The maximum Gasteiger partial charge on any atom is 0.354 e. The Labute approximate surface area is 121 Å².